The second kappa shape index (κ2) is 8.65. The van der Waals surface area contributed by atoms with E-state index in [1.807, 2.05) is 19.1 Å². The molecule has 1 fully saturated rings. The molecule has 160 valence electrons. The van der Waals surface area contributed by atoms with Crippen molar-refractivity contribution in [3.8, 4) is 0 Å². The Bertz CT molecular complexity index is 1100. The van der Waals surface area contributed by atoms with Crippen LogP contribution in [-0.4, -0.2) is 27.7 Å². The number of amides is 3. The molecule has 1 heterocycles. The van der Waals surface area contributed by atoms with Gasteiger partial charge in [-0.3, -0.25) is 14.4 Å². The molecule has 5 nitrogen and oxygen atoms in total. The van der Waals surface area contributed by atoms with E-state index in [-0.39, 0.29) is 23.0 Å². The van der Waals surface area contributed by atoms with Crippen LogP contribution in [0, 0.1) is 17.8 Å². The smallest absolute Gasteiger partial charge is 0.272 e. The lowest BCUT2D eigenvalue weighted by Gasteiger charge is -2.31. The topological polar surface area (TPSA) is 57.7 Å². The van der Waals surface area contributed by atoms with Crippen LogP contribution in [0.25, 0.3) is 0 Å². The summed E-state index contributed by atoms with van der Waals surface area (Å²) in [5, 5.41) is 3.13. The molecular formula is C23H19Cl3N2O3. The standard InChI is InChI=1S/C23H19Cl3N2O3/c1-13-5-4-7-17-20(13)23(31)28(22(17)30)27(12-14-9-10-15(24)11-19(14)26)21(29)16-6-2-3-8-18(16)25/h2-6,8-11,13,17,20H,7,12H2,1H3/t13-,17+,20+/m1/s1. The number of allylic oxidation sites excluding steroid dienone is 2. The molecular weight excluding hydrogens is 459 g/mol. The summed E-state index contributed by atoms with van der Waals surface area (Å²) in [7, 11) is 0. The van der Waals surface area contributed by atoms with Crippen molar-refractivity contribution in [1.82, 2.24) is 10.0 Å². The maximum Gasteiger partial charge on any atom is 0.274 e. The lowest BCUT2D eigenvalue weighted by Crippen LogP contribution is -2.50. The normalized spacial score (nSPS) is 22.6. The Morgan fingerprint density at radius 1 is 1.06 bits per heavy atom. The zero-order valence-corrected chi connectivity index (χ0v) is 18.9. The predicted octanol–water partition coefficient (Wildman–Crippen LogP) is 5.40. The molecule has 1 aliphatic heterocycles. The number of imide groups is 1. The zero-order valence-electron chi connectivity index (χ0n) is 16.6. The third-order valence-electron chi connectivity index (χ3n) is 5.76. The van der Waals surface area contributed by atoms with Crippen LogP contribution in [0.1, 0.15) is 29.3 Å². The van der Waals surface area contributed by atoms with Crippen LogP contribution in [0.5, 0.6) is 0 Å². The molecule has 0 spiro atoms. The molecule has 0 unspecified atom stereocenters. The Labute approximate surface area is 195 Å². The summed E-state index contributed by atoms with van der Waals surface area (Å²) in [4.78, 5) is 40.1. The van der Waals surface area contributed by atoms with Gasteiger partial charge in [-0.05, 0) is 42.2 Å². The summed E-state index contributed by atoms with van der Waals surface area (Å²) in [6, 6.07) is 11.4. The number of rotatable bonds is 4. The molecule has 0 saturated carbocycles. The fraction of sp³-hybridized carbons (Fsp3) is 0.261. The molecule has 8 heteroatoms. The van der Waals surface area contributed by atoms with Crippen molar-refractivity contribution in [2.45, 2.75) is 19.9 Å². The van der Waals surface area contributed by atoms with E-state index in [1.165, 1.54) is 0 Å². The van der Waals surface area contributed by atoms with Crippen molar-refractivity contribution >= 4 is 52.5 Å². The van der Waals surface area contributed by atoms with Crippen molar-refractivity contribution in [2.24, 2.45) is 17.8 Å². The molecule has 3 amide bonds. The Morgan fingerprint density at radius 3 is 2.48 bits per heavy atom. The highest BCUT2D eigenvalue weighted by molar-refractivity contribution is 6.35. The van der Waals surface area contributed by atoms with Gasteiger partial charge in [-0.2, -0.15) is 5.01 Å². The number of halogens is 3. The van der Waals surface area contributed by atoms with E-state index in [2.05, 4.69) is 0 Å². The fourth-order valence-electron chi connectivity index (χ4n) is 4.19. The van der Waals surface area contributed by atoms with Crippen LogP contribution in [0.3, 0.4) is 0 Å². The van der Waals surface area contributed by atoms with Crippen molar-refractivity contribution in [3.05, 3.63) is 80.8 Å². The highest BCUT2D eigenvalue weighted by Gasteiger charge is 2.53. The third kappa shape index (κ3) is 3.98. The van der Waals surface area contributed by atoms with Crippen molar-refractivity contribution in [3.63, 3.8) is 0 Å². The summed E-state index contributed by atoms with van der Waals surface area (Å²) in [6.45, 7) is 1.82. The second-order valence-corrected chi connectivity index (χ2v) is 8.97. The van der Waals surface area contributed by atoms with Gasteiger partial charge in [0.05, 0.1) is 29.0 Å². The monoisotopic (exact) mass is 476 g/mol. The number of hydrazine groups is 1. The molecule has 2 aromatic carbocycles. The van der Waals surface area contributed by atoms with E-state index in [1.54, 1.807) is 42.5 Å². The predicted molar refractivity (Wildman–Crippen MR) is 120 cm³/mol. The average Bonchev–Trinajstić information content (AvgIpc) is 2.99. The van der Waals surface area contributed by atoms with E-state index in [0.29, 0.717) is 22.0 Å². The average molecular weight is 478 g/mol. The van der Waals surface area contributed by atoms with Crippen LogP contribution in [0.4, 0.5) is 0 Å². The fourth-order valence-corrected chi connectivity index (χ4v) is 4.87. The Kier molecular flexibility index (Phi) is 6.11. The number of hydrogen-bond donors (Lipinski definition) is 0. The van der Waals surface area contributed by atoms with Crippen LogP contribution >= 0.6 is 34.8 Å². The molecule has 4 rings (SSSR count). The minimum Gasteiger partial charge on any atom is -0.272 e. The minimum atomic E-state index is -0.558. The first-order valence-corrected chi connectivity index (χ1v) is 11.0. The number of carbonyl (C=O) groups excluding carboxylic acids is 3. The summed E-state index contributed by atoms with van der Waals surface area (Å²) >= 11 is 18.6. The van der Waals surface area contributed by atoms with Gasteiger partial charge in [0.1, 0.15) is 0 Å². The highest BCUT2D eigenvalue weighted by atomic mass is 35.5. The lowest BCUT2D eigenvalue weighted by molar-refractivity contribution is -0.155. The highest BCUT2D eigenvalue weighted by Crippen LogP contribution is 2.40. The SMILES string of the molecule is C[C@@H]1C=CC[C@@H]2C(=O)N(N(Cc3ccc(Cl)cc3Cl)C(=O)c3ccccc3Cl)C(=O)[C@@H]12. The van der Waals surface area contributed by atoms with Gasteiger partial charge >= 0.3 is 0 Å². The summed E-state index contributed by atoms with van der Waals surface area (Å²) < 4.78 is 0. The largest absolute Gasteiger partial charge is 0.274 e. The summed E-state index contributed by atoms with van der Waals surface area (Å²) in [5.41, 5.74) is 0.740. The quantitative estimate of drug-likeness (QED) is 0.437. The minimum absolute atomic E-state index is 0.0845. The lowest BCUT2D eigenvalue weighted by atomic mass is 9.78. The maximum absolute atomic E-state index is 13.5. The number of fused-ring (bicyclic) bond motifs is 1. The van der Waals surface area contributed by atoms with Gasteiger partial charge in [0, 0.05) is 10.0 Å². The second-order valence-electron chi connectivity index (χ2n) is 7.72. The number of carbonyl (C=O) groups is 3. The van der Waals surface area contributed by atoms with E-state index >= 15 is 0 Å². The first kappa shape index (κ1) is 21.9. The third-order valence-corrected chi connectivity index (χ3v) is 6.68. The number of nitrogens with zero attached hydrogens (tertiary/aromatic N) is 2. The van der Waals surface area contributed by atoms with Crippen LogP contribution in [-0.2, 0) is 16.1 Å². The number of benzene rings is 2. The van der Waals surface area contributed by atoms with E-state index in [9.17, 15) is 14.4 Å². The first-order valence-electron chi connectivity index (χ1n) is 9.84. The summed E-state index contributed by atoms with van der Waals surface area (Å²) in [5.74, 6) is -2.43. The Balaban J connectivity index is 1.77. The van der Waals surface area contributed by atoms with Crippen molar-refractivity contribution in [2.75, 3.05) is 0 Å². The molecule has 1 saturated heterocycles. The molecule has 3 atom stereocenters. The van der Waals surface area contributed by atoms with Gasteiger partial charge in [-0.25, -0.2) is 5.01 Å². The van der Waals surface area contributed by atoms with E-state index < -0.39 is 29.6 Å². The Morgan fingerprint density at radius 2 is 1.81 bits per heavy atom. The molecule has 0 radical (unpaired) electrons. The number of hydrogen-bond acceptors (Lipinski definition) is 3. The van der Waals surface area contributed by atoms with Gasteiger partial charge in [-0.1, -0.05) is 72.1 Å². The van der Waals surface area contributed by atoms with Crippen LogP contribution in [0.15, 0.2) is 54.6 Å². The molecule has 2 aliphatic rings. The van der Waals surface area contributed by atoms with Gasteiger partial charge < -0.3 is 0 Å². The molecule has 0 bridgehead atoms. The summed E-state index contributed by atoms with van der Waals surface area (Å²) in [6.07, 6.45) is 4.31. The van der Waals surface area contributed by atoms with E-state index in [0.717, 1.165) is 10.0 Å². The first-order chi connectivity index (χ1) is 14.8. The van der Waals surface area contributed by atoms with Gasteiger partial charge in [0.15, 0.2) is 0 Å². The van der Waals surface area contributed by atoms with Crippen molar-refractivity contribution < 1.29 is 14.4 Å². The maximum atomic E-state index is 13.5. The molecule has 1 aliphatic carbocycles. The van der Waals surface area contributed by atoms with Gasteiger partial charge in [-0.15, -0.1) is 0 Å². The molecule has 31 heavy (non-hydrogen) atoms. The zero-order chi connectivity index (χ0) is 22.3. The van der Waals surface area contributed by atoms with E-state index in [4.69, 9.17) is 34.8 Å². The molecule has 0 N–H and O–H groups in total. The van der Waals surface area contributed by atoms with Crippen LogP contribution < -0.4 is 0 Å². The Hall–Kier alpha value is -2.34. The van der Waals surface area contributed by atoms with Crippen LogP contribution in [0.2, 0.25) is 15.1 Å². The van der Waals surface area contributed by atoms with Gasteiger partial charge in [0.2, 0.25) is 0 Å². The van der Waals surface area contributed by atoms with Crippen molar-refractivity contribution in [1.29, 1.82) is 0 Å². The molecule has 2 aromatic rings. The molecule has 0 aromatic heterocycles. The van der Waals surface area contributed by atoms with Gasteiger partial charge in [0.25, 0.3) is 17.7 Å².